The predicted octanol–water partition coefficient (Wildman–Crippen LogP) is 2.86. The summed E-state index contributed by atoms with van der Waals surface area (Å²) in [7, 11) is 0. The van der Waals surface area contributed by atoms with Crippen molar-refractivity contribution in [3.63, 3.8) is 0 Å². The van der Waals surface area contributed by atoms with Gasteiger partial charge in [0.15, 0.2) is 0 Å². The zero-order valence-electron chi connectivity index (χ0n) is 8.90. The number of fused-ring (bicyclic) bond motifs is 1. The molecule has 2 rings (SSSR count). The fraction of sp³-hybridized carbons (Fsp3) is 0.273. The van der Waals surface area contributed by atoms with E-state index in [-0.39, 0.29) is 5.69 Å². The molecule has 1 aromatic heterocycles. The lowest BCUT2D eigenvalue weighted by Crippen LogP contribution is -1.96. The summed E-state index contributed by atoms with van der Waals surface area (Å²) in [6.07, 6.45) is 2.56. The lowest BCUT2D eigenvalue weighted by molar-refractivity contribution is -0.383. The molecule has 0 saturated carbocycles. The SMILES string of the molecule is CCCOc1cc([N+](=O)[O-])c2[nH]ccc2c1. The Labute approximate surface area is 92.2 Å². The van der Waals surface area contributed by atoms with Crippen LogP contribution in [-0.2, 0) is 0 Å². The Kier molecular flexibility index (Phi) is 2.76. The second-order valence-corrected chi connectivity index (χ2v) is 3.49. The van der Waals surface area contributed by atoms with Crippen LogP contribution < -0.4 is 4.74 Å². The number of benzene rings is 1. The largest absolute Gasteiger partial charge is 0.493 e. The Morgan fingerprint density at radius 1 is 1.50 bits per heavy atom. The molecular weight excluding hydrogens is 208 g/mol. The Bertz CT molecular complexity index is 519. The fourth-order valence-corrected chi connectivity index (χ4v) is 1.57. The summed E-state index contributed by atoms with van der Waals surface area (Å²) in [5.74, 6) is 0.542. The molecule has 1 N–H and O–H groups in total. The van der Waals surface area contributed by atoms with Crippen molar-refractivity contribution < 1.29 is 9.66 Å². The molecule has 0 unspecified atom stereocenters. The molecule has 5 heteroatoms. The number of rotatable bonds is 4. The molecule has 5 nitrogen and oxygen atoms in total. The molecule has 0 aliphatic carbocycles. The zero-order chi connectivity index (χ0) is 11.5. The number of non-ortho nitro benzene ring substituents is 1. The first-order chi connectivity index (χ1) is 7.72. The summed E-state index contributed by atoms with van der Waals surface area (Å²) in [6, 6.07) is 5.05. The van der Waals surface area contributed by atoms with Crippen LogP contribution in [0.5, 0.6) is 5.75 Å². The fourth-order valence-electron chi connectivity index (χ4n) is 1.57. The van der Waals surface area contributed by atoms with Crippen molar-refractivity contribution in [2.45, 2.75) is 13.3 Å². The van der Waals surface area contributed by atoms with E-state index in [0.29, 0.717) is 17.9 Å². The van der Waals surface area contributed by atoms with E-state index in [2.05, 4.69) is 4.98 Å². The number of nitrogens with one attached hydrogen (secondary N) is 1. The highest BCUT2D eigenvalue weighted by Gasteiger charge is 2.15. The van der Waals surface area contributed by atoms with E-state index in [1.807, 2.05) is 6.92 Å². The molecule has 0 spiro atoms. The van der Waals surface area contributed by atoms with Crippen molar-refractivity contribution in [3.05, 3.63) is 34.5 Å². The van der Waals surface area contributed by atoms with E-state index in [4.69, 9.17) is 4.74 Å². The van der Waals surface area contributed by atoms with Crippen molar-refractivity contribution in [2.24, 2.45) is 0 Å². The molecule has 0 saturated heterocycles. The minimum absolute atomic E-state index is 0.0496. The molecule has 0 atom stereocenters. The third kappa shape index (κ3) is 1.84. The molecule has 1 heterocycles. The van der Waals surface area contributed by atoms with Gasteiger partial charge in [0.2, 0.25) is 0 Å². The van der Waals surface area contributed by atoms with Gasteiger partial charge in [-0.3, -0.25) is 10.1 Å². The van der Waals surface area contributed by atoms with Crippen LogP contribution in [0, 0.1) is 10.1 Å². The van der Waals surface area contributed by atoms with Crippen molar-refractivity contribution in [3.8, 4) is 5.75 Å². The highest BCUT2D eigenvalue weighted by Crippen LogP contribution is 2.29. The molecule has 84 valence electrons. The van der Waals surface area contributed by atoms with Gasteiger partial charge in [-0.1, -0.05) is 6.92 Å². The van der Waals surface area contributed by atoms with Gasteiger partial charge in [0.05, 0.1) is 17.6 Å². The number of aromatic amines is 1. The molecule has 0 aliphatic heterocycles. The molecule has 16 heavy (non-hydrogen) atoms. The molecular formula is C11H12N2O3. The molecule has 0 amide bonds. The topological polar surface area (TPSA) is 68.2 Å². The second kappa shape index (κ2) is 4.22. The monoisotopic (exact) mass is 220 g/mol. The predicted molar refractivity (Wildman–Crippen MR) is 60.7 cm³/mol. The normalized spacial score (nSPS) is 10.6. The molecule has 0 bridgehead atoms. The van der Waals surface area contributed by atoms with Gasteiger partial charge in [-0.25, -0.2) is 0 Å². The lowest BCUT2D eigenvalue weighted by atomic mass is 10.2. The van der Waals surface area contributed by atoms with Crippen molar-refractivity contribution in [2.75, 3.05) is 6.61 Å². The number of aromatic nitrogens is 1. The van der Waals surface area contributed by atoms with Gasteiger partial charge >= 0.3 is 0 Å². The van der Waals surface area contributed by atoms with E-state index in [9.17, 15) is 10.1 Å². The number of ether oxygens (including phenoxy) is 1. The average Bonchev–Trinajstić information content (AvgIpc) is 2.72. The van der Waals surface area contributed by atoms with Crippen molar-refractivity contribution >= 4 is 16.6 Å². The first-order valence-corrected chi connectivity index (χ1v) is 5.10. The first-order valence-electron chi connectivity index (χ1n) is 5.10. The highest BCUT2D eigenvalue weighted by molar-refractivity contribution is 5.89. The van der Waals surface area contributed by atoms with Crippen LogP contribution in [0.15, 0.2) is 24.4 Å². The Hall–Kier alpha value is -2.04. The summed E-state index contributed by atoms with van der Waals surface area (Å²) >= 11 is 0. The summed E-state index contributed by atoms with van der Waals surface area (Å²) in [6.45, 7) is 2.55. The molecule has 2 aromatic rings. The summed E-state index contributed by atoms with van der Waals surface area (Å²) in [4.78, 5) is 13.3. The molecule has 0 radical (unpaired) electrons. The Morgan fingerprint density at radius 2 is 2.31 bits per heavy atom. The van der Waals surface area contributed by atoms with E-state index in [1.165, 1.54) is 6.07 Å². The zero-order valence-corrected chi connectivity index (χ0v) is 8.90. The van der Waals surface area contributed by atoms with Gasteiger partial charge in [-0.2, -0.15) is 0 Å². The molecule has 1 aromatic carbocycles. The maximum absolute atomic E-state index is 10.9. The first kappa shape index (κ1) is 10.5. The number of nitro benzene ring substituents is 1. The van der Waals surface area contributed by atoms with Gasteiger partial charge in [0, 0.05) is 11.6 Å². The summed E-state index contributed by atoms with van der Waals surface area (Å²) in [5, 5.41) is 11.7. The van der Waals surface area contributed by atoms with Crippen molar-refractivity contribution in [1.82, 2.24) is 4.98 Å². The number of hydrogen-bond acceptors (Lipinski definition) is 3. The van der Waals surface area contributed by atoms with Crippen LogP contribution in [0.1, 0.15) is 13.3 Å². The van der Waals surface area contributed by atoms with Crippen LogP contribution in [0.2, 0.25) is 0 Å². The van der Waals surface area contributed by atoms with Crippen LogP contribution in [0.4, 0.5) is 5.69 Å². The Balaban J connectivity index is 2.48. The maximum Gasteiger partial charge on any atom is 0.296 e. The number of hydrogen-bond donors (Lipinski definition) is 1. The van der Waals surface area contributed by atoms with E-state index in [1.54, 1.807) is 18.3 Å². The van der Waals surface area contributed by atoms with Gasteiger partial charge < -0.3 is 9.72 Å². The van der Waals surface area contributed by atoms with Crippen molar-refractivity contribution in [1.29, 1.82) is 0 Å². The minimum Gasteiger partial charge on any atom is -0.493 e. The number of nitrogens with zero attached hydrogens (tertiary/aromatic N) is 1. The summed E-state index contributed by atoms with van der Waals surface area (Å²) < 4.78 is 5.41. The van der Waals surface area contributed by atoms with E-state index in [0.717, 1.165) is 11.8 Å². The maximum atomic E-state index is 10.9. The van der Waals surface area contributed by atoms with Crippen LogP contribution in [0.3, 0.4) is 0 Å². The van der Waals surface area contributed by atoms with Crippen LogP contribution in [0.25, 0.3) is 10.9 Å². The van der Waals surface area contributed by atoms with Gasteiger partial charge in [-0.15, -0.1) is 0 Å². The molecule has 0 fully saturated rings. The van der Waals surface area contributed by atoms with Gasteiger partial charge in [0.1, 0.15) is 11.3 Å². The standard InChI is InChI=1S/C11H12N2O3/c1-2-5-16-9-6-8-3-4-12-11(8)10(7-9)13(14)15/h3-4,6-7,12H,2,5H2,1H3. The minimum atomic E-state index is -0.405. The van der Waals surface area contributed by atoms with E-state index >= 15 is 0 Å². The smallest absolute Gasteiger partial charge is 0.296 e. The van der Waals surface area contributed by atoms with Crippen LogP contribution >= 0.6 is 0 Å². The third-order valence-corrected chi connectivity index (χ3v) is 2.28. The Morgan fingerprint density at radius 3 is 3.00 bits per heavy atom. The van der Waals surface area contributed by atoms with Crippen LogP contribution in [-0.4, -0.2) is 16.5 Å². The number of H-pyrrole nitrogens is 1. The highest BCUT2D eigenvalue weighted by atomic mass is 16.6. The number of nitro groups is 1. The average molecular weight is 220 g/mol. The molecule has 0 aliphatic rings. The summed E-state index contributed by atoms with van der Waals surface area (Å²) in [5.41, 5.74) is 0.586. The third-order valence-electron chi connectivity index (χ3n) is 2.28. The van der Waals surface area contributed by atoms with Gasteiger partial charge in [0.25, 0.3) is 5.69 Å². The lowest BCUT2D eigenvalue weighted by Gasteiger charge is -2.04. The quantitative estimate of drug-likeness (QED) is 0.636. The van der Waals surface area contributed by atoms with Gasteiger partial charge in [-0.05, 0) is 18.6 Å². The van der Waals surface area contributed by atoms with E-state index < -0.39 is 4.92 Å². The second-order valence-electron chi connectivity index (χ2n) is 3.49.